The zero-order valence-corrected chi connectivity index (χ0v) is 12.4. The molecule has 110 valence electrons. The molecule has 21 heavy (non-hydrogen) atoms. The van der Waals surface area contributed by atoms with Gasteiger partial charge in [-0.3, -0.25) is 4.90 Å². The lowest BCUT2D eigenvalue weighted by molar-refractivity contribution is 0.0600. The van der Waals surface area contributed by atoms with E-state index in [9.17, 15) is 4.79 Å². The van der Waals surface area contributed by atoms with Crippen LogP contribution in [0.5, 0.6) is 0 Å². The second kappa shape index (κ2) is 6.90. The molecule has 0 atom stereocenters. The van der Waals surface area contributed by atoms with Gasteiger partial charge in [0, 0.05) is 18.8 Å². The summed E-state index contributed by atoms with van der Waals surface area (Å²) in [7, 11) is 3.44. The second-order valence-electron chi connectivity index (χ2n) is 5.11. The Bertz CT molecular complexity index is 608. The number of nitrogens with two attached hydrogens (primary N) is 1. The van der Waals surface area contributed by atoms with Gasteiger partial charge in [0.2, 0.25) is 0 Å². The van der Waals surface area contributed by atoms with Gasteiger partial charge in [-0.25, -0.2) is 4.79 Å². The van der Waals surface area contributed by atoms with E-state index in [1.54, 1.807) is 12.1 Å². The standard InChI is InChI=1S/C17H20N2O2/c1-19(12-14-4-3-5-16(18)10-14)11-13-6-8-15(9-7-13)17(20)21-2/h3-10H,11-12,18H2,1-2H3. The Morgan fingerprint density at radius 2 is 1.76 bits per heavy atom. The smallest absolute Gasteiger partial charge is 0.337 e. The lowest BCUT2D eigenvalue weighted by atomic mass is 10.1. The van der Waals surface area contributed by atoms with E-state index in [0.29, 0.717) is 5.56 Å². The zero-order chi connectivity index (χ0) is 15.2. The van der Waals surface area contributed by atoms with Crippen LogP contribution in [-0.2, 0) is 17.8 Å². The van der Waals surface area contributed by atoms with Crippen molar-refractivity contribution in [2.24, 2.45) is 0 Å². The first-order valence-corrected chi connectivity index (χ1v) is 6.78. The number of ether oxygens (including phenoxy) is 1. The molecule has 0 spiro atoms. The minimum absolute atomic E-state index is 0.310. The van der Waals surface area contributed by atoms with E-state index >= 15 is 0 Å². The summed E-state index contributed by atoms with van der Waals surface area (Å²) < 4.78 is 4.69. The third-order valence-electron chi connectivity index (χ3n) is 3.23. The Hall–Kier alpha value is -2.33. The lowest BCUT2D eigenvalue weighted by Gasteiger charge is -2.17. The molecule has 0 fully saturated rings. The number of carbonyl (C=O) groups excluding carboxylic acids is 1. The molecule has 2 rings (SSSR count). The molecule has 0 aliphatic heterocycles. The van der Waals surface area contributed by atoms with Crippen LogP contribution in [0.2, 0.25) is 0 Å². The summed E-state index contributed by atoms with van der Waals surface area (Å²) in [6.07, 6.45) is 0. The Labute approximate surface area is 125 Å². The number of anilines is 1. The predicted octanol–water partition coefficient (Wildman–Crippen LogP) is 2.69. The van der Waals surface area contributed by atoms with Crippen LogP contribution in [0.15, 0.2) is 48.5 Å². The van der Waals surface area contributed by atoms with Crippen LogP contribution in [-0.4, -0.2) is 25.0 Å². The number of nitrogen functional groups attached to an aromatic ring is 1. The fourth-order valence-electron chi connectivity index (χ4n) is 2.23. The van der Waals surface area contributed by atoms with Crippen molar-refractivity contribution < 1.29 is 9.53 Å². The highest BCUT2D eigenvalue weighted by molar-refractivity contribution is 5.89. The number of carbonyl (C=O) groups is 1. The highest BCUT2D eigenvalue weighted by Crippen LogP contribution is 2.12. The van der Waals surface area contributed by atoms with Crippen molar-refractivity contribution in [2.75, 3.05) is 19.9 Å². The number of benzene rings is 2. The Balaban J connectivity index is 1.96. The number of hydrogen-bond acceptors (Lipinski definition) is 4. The quantitative estimate of drug-likeness (QED) is 0.677. The molecule has 2 aromatic rings. The molecule has 4 nitrogen and oxygen atoms in total. The molecule has 0 heterocycles. The van der Waals surface area contributed by atoms with Crippen LogP contribution in [0.1, 0.15) is 21.5 Å². The van der Waals surface area contributed by atoms with Crippen LogP contribution in [0.25, 0.3) is 0 Å². The van der Waals surface area contributed by atoms with Crippen molar-refractivity contribution in [1.82, 2.24) is 4.90 Å². The van der Waals surface area contributed by atoms with E-state index in [2.05, 4.69) is 22.8 Å². The average molecular weight is 284 g/mol. The normalized spacial score (nSPS) is 10.6. The third kappa shape index (κ3) is 4.33. The summed E-state index contributed by atoms with van der Waals surface area (Å²) in [6.45, 7) is 1.63. The van der Waals surface area contributed by atoms with Gasteiger partial charge in [0.1, 0.15) is 0 Å². The minimum atomic E-state index is -0.310. The maximum atomic E-state index is 11.4. The molecule has 2 N–H and O–H groups in total. The van der Waals surface area contributed by atoms with Crippen molar-refractivity contribution in [1.29, 1.82) is 0 Å². The van der Waals surface area contributed by atoms with Gasteiger partial charge in [-0.2, -0.15) is 0 Å². The van der Waals surface area contributed by atoms with E-state index in [0.717, 1.165) is 24.3 Å². The molecule has 0 radical (unpaired) electrons. The van der Waals surface area contributed by atoms with Crippen molar-refractivity contribution in [3.63, 3.8) is 0 Å². The van der Waals surface area contributed by atoms with E-state index in [-0.39, 0.29) is 5.97 Å². The first-order chi connectivity index (χ1) is 10.1. The molecular formula is C17H20N2O2. The maximum absolute atomic E-state index is 11.4. The van der Waals surface area contributed by atoms with Crippen LogP contribution >= 0.6 is 0 Å². The summed E-state index contributed by atoms with van der Waals surface area (Å²) in [6, 6.07) is 15.4. The first kappa shape index (κ1) is 15.1. The summed E-state index contributed by atoms with van der Waals surface area (Å²) in [5.74, 6) is -0.310. The molecule has 2 aromatic carbocycles. The number of hydrogen-bond donors (Lipinski definition) is 1. The van der Waals surface area contributed by atoms with Crippen LogP contribution in [0.3, 0.4) is 0 Å². The summed E-state index contributed by atoms with van der Waals surface area (Å²) >= 11 is 0. The molecule has 0 aliphatic carbocycles. The molecular weight excluding hydrogens is 264 g/mol. The third-order valence-corrected chi connectivity index (χ3v) is 3.23. The Morgan fingerprint density at radius 1 is 1.10 bits per heavy atom. The van der Waals surface area contributed by atoms with Gasteiger partial charge in [0.15, 0.2) is 0 Å². The first-order valence-electron chi connectivity index (χ1n) is 6.78. The van der Waals surface area contributed by atoms with Gasteiger partial charge in [-0.1, -0.05) is 24.3 Å². The highest BCUT2D eigenvalue weighted by atomic mass is 16.5. The molecule has 0 saturated carbocycles. The Morgan fingerprint density at radius 3 is 2.38 bits per heavy atom. The van der Waals surface area contributed by atoms with Gasteiger partial charge in [-0.05, 0) is 42.4 Å². The largest absolute Gasteiger partial charge is 0.465 e. The van der Waals surface area contributed by atoms with Gasteiger partial charge in [-0.15, -0.1) is 0 Å². The van der Waals surface area contributed by atoms with E-state index in [4.69, 9.17) is 5.73 Å². The van der Waals surface area contributed by atoms with Crippen molar-refractivity contribution in [3.05, 3.63) is 65.2 Å². The van der Waals surface area contributed by atoms with Crippen molar-refractivity contribution in [3.8, 4) is 0 Å². The molecule has 0 bridgehead atoms. The van der Waals surface area contributed by atoms with Crippen molar-refractivity contribution in [2.45, 2.75) is 13.1 Å². The van der Waals surface area contributed by atoms with Crippen molar-refractivity contribution >= 4 is 11.7 Å². The fourth-order valence-corrected chi connectivity index (χ4v) is 2.23. The lowest BCUT2D eigenvalue weighted by Crippen LogP contribution is -2.17. The number of nitrogens with zero attached hydrogens (tertiary/aromatic N) is 1. The molecule has 0 amide bonds. The monoisotopic (exact) mass is 284 g/mol. The van der Waals surface area contributed by atoms with Gasteiger partial charge >= 0.3 is 5.97 Å². The molecule has 0 aliphatic rings. The van der Waals surface area contributed by atoms with Gasteiger partial charge in [0.05, 0.1) is 12.7 Å². The summed E-state index contributed by atoms with van der Waals surface area (Å²) in [5, 5.41) is 0. The molecule has 4 heteroatoms. The molecule has 0 saturated heterocycles. The van der Waals surface area contributed by atoms with E-state index in [1.165, 1.54) is 12.7 Å². The van der Waals surface area contributed by atoms with Gasteiger partial charge < -0.3 is 10.5 Å². The zero-order valence-electron chi connectivity index (χ0n) is 12.4. The number of rotatable bonds is 5. The van der Waals surface area contributed by atoms with Crippen LogP contribution < -0.4 is 5.73 Å². The maximum Gasteiger partial charge on any atom is 0.337 e. The molecule has 0 aromatic heterocycles. The summed E-state index contributed by atoms with van der Waals surface area (Å²) in [5.41, 5.74) is 9.46. The average Bonchev–Trinajstić information content (AvgIpc) is 2.47. The van der Waals surface area contributed by atoms with Crippen LogP contribution in [0.4, 0.5) is 5.69 Å². The number of esters is 1. The van der Waals surface area contributed by atoms with E-state index < -0.39 is 0 Å². The highest BCUT2D eigenvalue weighted by Gasteiger charge is 2.06. The summed E-state index contributed by atoms with van der Waals surface area (Å²) in [4.78, 5) is 13.6. The minimum Gasteiger partial charge on any atom is -0.465 e. The van der Waals surface area contributed by atoms with E-state index in [1.807, 2.05) is 30.3 Å². The Kier molecular flexibility index (Phi) is 4.95. The SMILES string of the molecule is COC(=O)c1ccc(CN(C)Cc2cccc(N)c2)cc1. The van der Waals surface area contributed by atoms with Crippen LogP contribution in [0, 0.1) is 0 Å². The second-order valence-corrected chi connectivity index (χ2v) is 5.11. The topological polar surface area (TPSA) is 55.6 Å². The number of methoxy groups -OCH3 is 1. The van der Waals surface area contributed by atoms with Gasteiger partial charge in [0.25, 0.3) is 0 Å². The fraction of sp³-hybridized carbons (Fsp3) is 0.235. The molecule has 0 unspecified atom stereocenters. The predicted molar refractivity (Wildman–Crippen MR) is 83.8 cm³/mol.